The van der Waals surface area contributed by atoms with Gasteiger partial charge < -0.3 is 13.7 Å². The fraction of sp³-hybridized carbons (Fsp3) is 0. The van der Waals surface area contributed by atoms with Crippen molar-refractivity contribution in [1.29, 1.82) is 0 Å². The summed E-state index contributed by atoms with van der Waals surface area (Å²) in [5, 5.41) is 6.85. The second-order valence-electron chi connectivity index (χ2n) is 11.8. The number of hydrogen-bond acceptors (Lipinski definition) is 5. The van der Waals surface area contributed by atoms with E-state index in [4.69, 9.17) is 13.8 Å². The Bertz CT molecular complexity index is 2830. The van der Waals surface area contributed by atoms with E-state index in [0.29, 0.717) is 0 Å². The fourth-order valence-electron chi connectivity index (χ4n) is 6.99. The molecule has 6 aromatic carbocycles. The Hall–Kier alpha value is -6.46. The number of furan rings is 2. The molecule has 0 aliphatic rings. The lowest BCUT2D eigenvalue weighted by molar-refractivity contribution is 0.668. The molecule has 10 rings (SSSR count). The predicted octanol–water partition coefficient (Wildman–Crippen LogP) is 11.7. The molecule has 0 bridgehead atoms. The highest BCUT2D eigenvalue weighted by atomic mass is 16.3. The second-order valence-corrected chi connectivity index (χ2v) is 11.8. The first-order valence-corrected chi connectivity index (χ1v) is 15.6. The van der Waals surface area contributed by atoms with Crippen molar-refractivity contribution in [1.82, 2.24) is 9.97 Å². The van der Waals surface area contributed by atoms with Gasteiger partial charge in [0, 0.05) is 34.8 Å². The van der Waals surface area contributed by atoms with E-state index in [1.807, 2.05) is 54.9 Å². The van der Waals surface area contributed by atoms with E-state index in [1.54, 1.807) is 0 Å². The highest BCUT2D eigenvalue weighted by molar-refractivity contribution is 6.12. The number of hydrogen-bond donors (Lipinski definition) is 0. The highest BCUT2D eigenvalue weighted by Crippen LogP contribution is 2.42. The predicted molar refractivity (Wildman–Crippen MR) is 192 cm³/mol. The lowest BCUT2D eigenvalue weighted by Crippen LogP contribution is -2.10. The average Bonchev–Trinajstić information content (AvgIpc) is 3.70. The summed E-state index contributed by atoms with van der Waals surface area (Å²) >= 11 is 0. The number of pyridine rings is 2. The van der Waals surface area contributed by atoms with Crippen LogP contribution in [-0.2, 0) is 0 Å². The van der Waals surface area contributed by atoms with Gasteiger partial charge in [-0.25, -0.2) is 0 Å². The summed E-state index contributed by atoms with van der Waals surface area (Å²) in [5.74, 6) is 0. The molecule has 47 heavy (non-hydrogen) atoms. The van der Waals surface area contributed by atoms with Crippen molar-refractivity contribution in [3.63, 3.8) is 0 Å². The number of benzene rings is 6. The van der Waals surface area contributed by atoms with Gasteiger partial charge in [-0.2, -0.15) is 0 Å². The Morgan fingerprint density at radius 1 is 0.426 bits per heavy atom. The van der Waals surface area contributed by atoms with Gasteiger partial charge in [-0.3, -0.25) is 9.97 Å². The highest BCUT2D eigenvalue weighted by Gasteiger charge is 2.19. The minimum Gasteiger partial charge on any atom is -0.454 e. The van der Waals surface area contributed by atoms with Gasteiger partial charge in [0.25, 0.3) is 0 Å². The molecule has 0 fully saturated rings. The van der Waals surface area contributed by atoms with Crippen LogP contribution in [-0.4, -0.2) is 9.97 Å². The Balaban J connectivity index is 1.22. The van der Waals surface area contributed by atoms with Gasteiger partial charge in [-0.15, -0.1) is 0 Å². The molecular weight excluding hydrogens is 578 g/mol. The van der Waals surface area contributed by atoms with Gasteiger partial charge in [0.1, 0.15) is 22.2 Å². The number of fused-ring (bicyclic) bond motifs is 9. The SMILES string of the molecule is c1cc(-c2cccc3oc4cccnc4c23)cc(N(c2ccc3ccc4ccccc4c3c2)c2ccc3oc4cccnc4c3c2)c1. The van der Waals surface area contributed by atoms with Gasteiger partial charge in [0.05, 0.1) is 5.39 Å². The molecule has 0 aliphatic heterocycles. The molecular formula is C42H25N3O2. The lowest BCUT2D eigenvalue weighted by atomic mass is 9.99. The summed E-state index contributed by atoms with van der Waals surface area (Å²) < 4.78 is 12.3. The molecule has 0 saturated heterocycles. The summed E-state index contributed by atoms with van der Waals surface area (Å²) in [4.78, 5) is 11.7. The first-order chi connectivity index (χ1) is 23.3. The monoisotopic (exact) mass is 603 g/mol. The Kier molecular flexibility index (Phi) is 5.51. The zero-order valence-electron chi connectivity index (χ0n) is 25.1. The summed E-state index contributed by atoms with van der Waals surface area (Å²) in [7, 11) is 0. The van der Waals surface area contributed by atoms with E-state index in [-0.39, 0.29) is 0 Å². The fourth-order valence-corrected chi connectivity index (χ4v) is 6.99. The van der Waals surface area contributed by atoms with Gasteiger partial charge in [0.2, 0.25) is 0 Å². The zero-order chi connectivity index (χ0) is 30.9. The first-order valence-electron chi connectivity index (χ1n) is 15.6. The van der Waals surface area contributed by atoms with Crippen molar-refractivity contribution in [2.24, 2.45) is 0 Å². The third-order valence-corrected chi connectivity index (χ3v) is 9.12. The molecule has 0 atom stereocenters. The van der Waals surface area contributed by atoms with E-state index < -0.39 is 0 Å². The Morgan fingerprint density at radius 2 is 1.09 bits per heavy atom. The smallest absolute Gasteiger partial charge is 0.153 e. The zero-order valence-corrected chi connectivity index (χ0v) is 25.1. The molecule has 0 radical (unpaired) electrons. The van der Waals surface area contributed by atoms with Gasteiger partial charge in [-0.05, 0) is 105 Å². The summed E-state index contributed by atoms with van der Waals surface area (Å²) in [6.07, 6.45) is 3.63. The molecule has 0 amide bonds. The average molecular weight is 604 g/mol. The lowest BCUT2D eigenvalue weighted by Gasteiger charge is -2.26. The number of rotatable bonds is 4. The van der Waals surface area contributed by atoms with Crippen LogP contribution >= 0.6 is 0 Å². The van der Waals surface area contributed by atoms with E-state index in [0.717, 1.165) is 72.3 Å². The molecule has 220 valence electrons. The van der Waals surface area contributed by atoms with Crippen molar-refractivity contribution in [2.45, 2.75) is 0 Å². The number of nitrogens with zero attached hydrogens (tertiary/aromatic N) is 3. The van der Waals surface area contributed by atoms with Crippen molar-refractivity contribution in [3.05, 3.63) is 152 Å². The minimum atomic E-state index is 0.777. The molecule has 0 saturated carbocycles. The van der Waals surface area contributed by atoms with Crippen LogP contribution in [0.1, 0.15) is 0 Å². The Morgan fingerprint density at radius 3 is 1.98 bits per heavy atom. The van der Waals surface area contributed by atoms with Gasteiger partial charge in [-0.1, -0.05) is 66.7 Å². The third-order valence-electron chi connectivity index (χ3n) is 9.12. The van der Waals surface area contributed by atoms with Crippen molar-refractivity contribution in [3.8, 4) is 11.1 Å². The van der Waals surface area contributed by atoms with E-state index in [9.17, 15) is 0 Å². The molecule has 10 aromatic rings. The standard InChI is InChI=1S/C42H25N3O2/c1-2-10-32-26(7-1)15-16-27-17-18-30(24-34(27)32)45(31-19-20-36-35(25-31)41-38(46-36)13-5-21-43-41)29-9-3-8-28(23-29)33-11-4-12-37-40(33)42-39(47-37)14-6-22-44-42/h1-25H. The normalized spacial score (nSPS) is 11.8. The molecule has 0 spiro atoms. The Labute approximate surface area is 268 Å². The van der Waals surface area contributed by atoms with Crippen molar-refractivity contribution in [2.75, 3.05) is 4.90 Å². The van der Waals surface area contributed by atoms with Crippen molar-refractivity contribution < 1.29 is 8.83 Å². The first kappa shape index (κ1) is 25.8. The van der Waals surface area contributed by atoms with Crippen LogP contribution in [0, 0.1) is 0 Å². The summed E-state index contributed by atoms with van der Waals surface area (Å²) in [6, 6.07) is 48.7. The van der Waals surface area contributed by atoms with Crippen LogP contribution in [0.5, 0.6) is 0 Å². The van der Waals surface area contributed by atoms with Gasteiger partial charge >= 0.3 is 0 Å². The topological polar surface area (TPSA) is 55.3 Å². The van der Waals surface area contributed by atoms with Crippen LogP contribution in [0.4, 0.5) is 17.1 Å². The summed E-state index contributed by atoms with van der Waals surface area (Å²) in [5.41, 5.74) is 10.2. The van der Waals surface area contributed by atoms with Crippen LogP contribution < -0.4 is 4.90 Å². The number of anilines is 3. The number of aromatic nitrogens is 2. The van der Waals surface area contributed by atoms with Crippen molar-refractivity contribution >= 4 is 82.7 Å². The van der Waals surface area contributed by atoms with Crippen LogP contribution in [0.15, 0.2) is 161 Å². The molecule has 5 heteroatoms. The molecule has 0 aliphatic carbocycles. The minimum absolute atomic E-state index is 0.777. The molecule has 4 aromatic heterocycles. The van der Waals surface area contributed by atoms with E-state index >= 15 is 0 Å². The molecule has 0 N–H and O–H groups in total. The quantitative estimate of drug-likeness (QED) is 0.187. The van der Waals surface area contributed by atoms with E-state index in [1.165, 1.54) is 21.5 Å². The molecule has 5 nitrogen and oxygen atoms in total. The maximum absolute atomic E-state index is 6.19. The second kappa shape index (κ2) is 10.0. The van der Waals surface area contributed by atoms with Gasteiger partial charge in [0.15, 0.2) is 11.2 Å². The molecule has 4 heterocycles. The van der Waals surface area contributed by atoms with Crippen LogP contribution in [0.2, 0.25) is 0 Å². The van der Waals surface area contributed by atoms with Crippen LogP contribution in [0.3, 0.4) is 0 Å². The summed E-state index contributed by atoms with van der Waals surface area (Å²) in [6.45, 7) is 0. The molecule has 0 unspecified atom stereocenters. The maximum atomic E-state index is 6.19. The largest absolute Gasteiger partial charge is 0.454 e. The van der Waals surface area contributed by atoms with E-state index in [2.05, 4.69) is 107 Å². The maximum Gasteiger partial charge on any atom is 0.153 e. The van der Waals surface area contributed by atoms with Crippen LogP contribution in [0.25, 0.3) is 76.8 Å². The third kappa shape index (κ3) is 4.03.